The number of phenolic OH excluding ortho intramolecular Hbond substituents is 1. The molecule has 26 heavy (non-hydrogen) atoms. The Bertz CT molecular complexity index is 842. The SMILES string of the molecule is Cc1c(C[C@@H]2Cc3ccc(O)cc3CN2C)cccc1NC(=O)C1CC1. The molecule has 1 aliphatic heterocycles. The lowest BCUT2D eigenvalue weighted by Crippen LogP contribution is -2.39. The Morgan fingerprint density at radius 3 is 2.81 bits per heavy atom. The molecule has 4 rings (SSSR count). The summed E-state index contributed by atoms with van der Waals surface area (Å²) in [7, 11) is 2.14. The van der Waals surface area contributed by atoms with Crippen LogP contribution in [0.15, 0.2) is 36.4 Å². The zero-order chi connectivity index (χ0) is 18.3. The minimum Gasteiger partial charge on any atom is -0.508 e. The van der Waals surface area contributed by atoms with Crippen LogP contribution in [0.1, 0.15) is 35.1 Å². The van der Waals surface area contributed by atoms with E-state index >= 15 is 0 Å². The van der Waals surface area contributed by atoms with E-state index in [9.17, 15) is 9.90 Å². The molecule has 2 aromatic carbocycles. The molecule has 0 saturated heterocycles. The number of likely N-dealkylation sites (N-methyl/N-ethyl adjacent to an activating group) is 1. The first kappa shape index (κ1) is 17.1. The minimum absolute atomic E-state index is 0.161. The van der Waals surface area contributed by atoms with E-state index in [2.05, 4.69) is 30.3 Å². The van der Waals surface area contributed by atoms with E-state index in [4.69, 9.17) is 0 Å². The molecule has 1 heterocycles. The largest absolute Gasteiger partial charge is 0.508 e. The lowest BCUT2D eigenvalue weighted by atomic mass is 9.89. The molecule has 2 aromatic rings. The minimum atomic E-state index is 0.161. The van der Waals surface area contributed by atoms with Crippen molar-refractivity contribution in [3.05, 3.63) is 58.7 Å². The van der Waals surface area contributed by atoms with Gasteiger partial charge in [-0.05, 0) is 80.1 Å². The highest BCUT2D eigenvalue weighted by Crippen LogP contribution is 2.32. The zero-order valence-electron chi connectivity index (χ0n) is 15.5. The Hall–Kier alpha value is -2.33. The molecule has 4 nitrogen and oxygen atoms in total. The molecule has 136 valence electrons. The number of nitrogens with zero attached hydrogens (tertiary/aromatic N) is 1. The summed E-state index contributed by atoms with van der Waals surface area (Å²) in [4.78, 5) is 14.5. The Balaban J connectivity index is 1.51. The van der Waals surface area contributed by atoms with Crippen molar-refractivity contribution in [2.45, 2.75) is 45.2 Å². The fraction of sp³-hybridized carbons (Fsp3) is 0.409. The van der Waals surface area contributed by atoms with Gasteiger partial charge in [-0.25, -0.2) is 0 Å². The van der Waals surface area contributed by atoms with Crippen molar-refractivity contribution in [1.82, 2.24) is 4.90 Å². The van der Waals surface area contributed by atoms with Gasteiger partial charge in [0.05, 0.1) is 0 Å². The maximum Gasteiger partial charge on any atom is 0.227 e. The van der Waals surface area contributed by atoms with Crippen molar-refractivity contribution < 1.29 is 9.90 Å². The standard InChI is InChI=1S/C22H26N2O2/c1-14-16(4-3-5-21(14)23-22(26)15-6-7-15)10-19-11-17-8-9-20(25)12-18(17)13-24(19)2/h3-5,8-9,12,15,19,25H,6-7,10-11,13H2,1-2H3,(H,23,26)/t19-/m1/s1. The fourth-order valence-corrected chi connectivity index (χ4v) is 3.87. The van der Waals surface area contributed by atoms with Gasteiger partial charge in [0.25, 0.3) is 0 Å². The summed E-state index contributed by atoms with van der Waals surface area (Å²) >= 11 is 0. The highest BCUT2D eigenvalue weighted by Gasteiger charge is 2.30. The highest BCUT2D eigenvalue weighted by molar-refractivity contribution is 5.94. The average molecular weight is 350 g/mol. The van der Waals surface area contributed by atoms with E-state index in [1.165, 1.54) is 22.3 Å². The van der Waals surface area contributed by atoms with Crippen molar-refractivity contribution in [2.24, 2.45) is 5.92 Å². The second-order valence-corrected chi connectivity index (χ2v) is 7.78. The molecule has 1 amide bonds. The number of phenols is 1. The molecule has 1 aliphatic carbocycles. The van der Waals surface area contributed by atoms with Crippen LogP contribution in [-0.4, -0.2) is 29.0 Å². The Morgan fingerprint density at radius 2 is 2.04 bits per heavy atom. The predicted molar refractivity (Wildman–Crippen MR) is 103 cm³/mol. The van der Waals surface area contributed by atoms with Crippen LogP contribution in [0.3, 0.4) is 0 Å². The molecule has 0 bridgehead atoms. The third kappa shape index (κ3) is 3.47. The molecule has 0 aromatic heterocycles. The van der Waals surface area contributed by atoms with Crippen molar-refractivity contribution in [3.63, 3.8) is 0 Å². The second-order valence-electron chi connectivity index (χ2n) is 7.78. The molecule has 0 spiro atoms. The Kier molecular flexibility index (Phi) is 4.45. The summed E-state index contributed by atoms with van der Waals surface area (Å²) in [6.45, 7) is 2.96. The summed E-state index contributed by atoms with van der Waals surface area (Å²) in [6.07, 6.45) is 3.97. The van der Waals surface area contributed by atoms with Crippen molar-refractivity contribution in [1.29, 1.82) is 0 Å². The number of hydrogen-bond donors (Lipinski definition) is 2. The van der Waals surface area contributed by atoms with Crippen LogP contribution < -0.4 is 5.32 Å². The molecule has 4 heteroatoms. The number of fused-ring (bicyclic) bond motifs is 1. The fourth-order valence-electron chi connectivity index (χ4n) is 3.87. The number of benzene rings is 2. The van der Waals surface area contributed by atoms with Gasteiger partial charge < -0.3 is 10.4 Å². The maximum absolute atomic E-state index is 12.1. The van der Waals surface area contributed by atoms with Gasteiger partial charge in [-0.3, -0.25) is 9.69 Å². The lowest BCUT2D eigenvalue weighted by molar-refractivity contribution is -0.117. The molecule has 1 fully saturated rings. The predicted octanol–water partition coefficient (Wildman–Crippen LogP) is 3.65. The lowest BCUT2D eigenvalue weighted by Gasteiger charge is -2.34. The van der Waals surface area contributed by atoms with E-state index in [0.717, 1.165) is 37.9 Å². The summed E-state index contributed by atoms with van der Waals surface area (Å²) < 4.78 is 0. The monoisotopic (exact) mass is 350 g/mol. The zero-order valence-corrected chi connectivity index (χ0v) is 15.5. The maximum atomic E-state index is 12.1. The number of aromatic hydroxyl groups is 1. The molecule has 2 N–H and O–H groups in total. The Labute approximate surface area is 154 Å². The molecule has 1 saturated carbocycles. The first-order chi connectivity index (χ1) is 12.5. The normalized spacial score (nSPS) is 19.8. The van der Waals surface area contributed by atoms with Crippen molar-refractivity contribution in [3.8, 4) is 5.75 Å². The van der Waals surface area contributed by atoms with Crippen LogP contribution >= 0.6 is 0 Å². The van der Waals surface area contributed by atoms with Crippen LogP contribution in [0.2, 0.25) is 0 Å². The number of rotatable bonds is 4. The third-order valence-electron chi connectivity index (χ3n) is 5.80. The summed E-state index contributed by atoms with van der Waals surface area (Å²) in [5.41, 5.74) is 5.94. The third-order valence-corrected chi connectivity index (χ3v) is 5.80. The van der Waals surface area contributed by atoms with E-state index in [1.807, 2.05) is 24.3 Å². The van der Waals surface area contributed by atoms with Gasteiger partial charge in [0.1, 0.15) is 5.75 Å². The average Bonchev–Trinajstić information content (AvgIpc) is 3.44. The number of hydrogen-bond acceptors (Lipinski definition) is 3. The molecule has 2 aliphatic rings. The van der Waals surface area contributed by atoms with Gasteiger partial charge in [0.2, 0.25) is 5.91 Å². The summed E-state index contributed by atoms with van der Waals surface area (Å²) in [6, 6.07) is 12.3. The first-order valence-electron chi connectivity index (χ1n) is 9.41. The number of carbonyl (C=O) groups is 1. The smallest absolute Gasteiger partial charge is 0.227 e. The highest BCUT2D eigenvalue weighted by atomic mass is 16.3. The first-order valence-corrected chi connectivity index (χ1v) is 9.41. The van der Waals surface area contributed by atoms with E-state index in [1.54, 1.807) is 6.07 Å². The molecule has 1 atom stereocenters. The quantitative estimate of drug-likeness (QED) is 0.885. The van der Waals surface area contributed by atoms with Gasteiger partial charge in [0.15, 0.2) is 0 Å². The number of anilines is 1. The van der Waals surface area contributed by atoms with E-state index in [-0.39, 0.29) is 11.8 Å². The number of nitrogens with one attached hydrogen (secondary N) is 1. The molecule has 0 unspecified atom stereocenters. The van der Waals surface area contributed by atoms with Crippen molar-refractivity contribution in [2.75, 3.05) is 12.4 Å². The van der Waals surface area contributed by atoms with Gasteiger partial charge in [-0.1, -0.05) is 18.2 Å². The van der Waals surface area contributed by atoms with Crippen LogP contribution in [-0.2, 0) is 24.2 Å². The topological polar surface area (TPSA) is 52.6 Å². The summed E-state index contributed by atoms with van der Waals surface area (Å²) in [5, 5.41) is 12.8. The second kappa shape index (κ2) is 6.76. The number of carbonyl (C=O) groups excluding carboxylic acids is 1. The van der Waals surface area contributed by atoms with Crippen LogP contribution in [0.25, 0.3) is 0 Å². The van der Waals surface area contributed by atoms with E-state index < -0.39 is 0 Å². The summed E-state index contributed by atoms with van der Waals surface area (Å²) in [5.74, 6) is 0.717. The molecular formula is C22H26N2O2. The van der Waals surface area contributed by atoms with Crippen LogP contribution in [0.5, 0.6) is 5.75 Å². The van der Waals surface area contributed by atoms with E-state index in [0.29, 0.717) is 11.8 Å². The van der Waals surface area contributed by atoms with Gasteiger partial charge in [-0.15, -0.1) is 0 Å². The van der Waals surface area contributed by atoms with Crippen molar-refractivity contribution >= 4 is 11.6 Å². The van der Waals surface area contributed by atoms with Crippen LogP contribution in [0.4, 0.5) is 5.69 Å². The van der Waals surface area contributed by atoms with Crippen LogP contribution in [0, 0.1) is 12.8 Å². The molecular weight excluding hydrogens is 324 g/mol. The van der Waals surface area contributed by atoms with Gasteiger partial charge in [0, 0.05) is 24.2 Å². The van der Waals surface area contributed by atoms with Gasteiger partial charge in [-0.2, -0.15) is 0 Å². The molecule has 0 radical (unpaired) electrons. The van der Waals surface area contributed by atoms with Gasteiger partial charge >= 0.3 is 0 Å². The number of amides is 1. The Morgan fingerprint density at radius 1 is 1.23 bits per heavy atom.